The largest absolute Gasteiger partial charge is 0.373 e. The smallest absolute Gasteiger partial charge is 0.159 e. The third-order valence-corrected chi connectivity index (χ3v) is 3.09. The number of aromatic nitrogens is 4. The Hall–Kier alpha value is -1.91. The minimum absolute atomic E-state index is 0.738. The minimum atomic E-state index is 0.738. The summed E-state index contributed by atoms with van der Waals surface area (Å²) in [6.07, 6.45) is 0.987. The van der Waals surface area contributed by atoms with Crippen LogP contribution >= 0.6 is 0 Å². The third kappa shape index (κ3) is 2.08. The topological polar surface area (TPSA) is 55.6 Å². The lowest BCUT2D eigenvalue weighted by molar-refractivity contribution is 0.792. The van der Waals surface area contributed by atoms with Crippen LogP contribution < -0.4 is 5.32 Å². The molecule has 0 saturated heterocycles. The highest BCUT2D eigenvalue weighted by molar-refractivity contribution is 5.42. The molecule has 0 aliphatic heterocycles. The van der Waals surface area contributed by atoms with Gasteiger partial charge in [-0.25, -0.2) is 14.6 Å². The number of nitrogens with zero attached hydrogens (tertiary/aromatic N) is 4. The maximum absolute atomic E-state index is 4.57. The van der Waals surface area contributed by atoms with Gasteiger partial charge in [0.15, 0.2) is 5.82 Å². The molecule has 0 aromatic carbocycles. The lowest BCUT2D eigenvalue weighted by Crippen LogP contribution is -2.06. The van der Waals surface area contributed by atoms with Crippen LogP contribution in [0.5, 0.6) is 0 Å². The molecule has 2 aromatic heterocycles. The molecule has 0 aliphatic rings. The van der Waals surface area contributed by atoms with Gasteiger partial charge < -0.3 is 5.32 Å². The van der Waals surface area contributed by atoms with E-state index >= 15 is 0 Å². The maximum atomic E-state index is 4.57. The Morgan fingerprint density at radius 2 is 1.94 bits per heavy atom. The van der Waals surface area contributed by atoms with Crippen molar-refractivity contribution in [3.8, 4) is 5.82 Å². The predicted molar refractivity (Wildman–Crippen MR) is 72.3 cm³/mol. The lowest BCUT2D eigenvalue weighted by atomic mass is 10.1. The first-order valence-electron chi connectivity index (χ1n) is 6.15. The van der Waals surface area contributed by atoms with Crippen molar-refractivity contribution in [3.05, 3.63) is 28.8 Å². The molecule has 1 N–H and O–H groups in total. The number of rotatable bonds is 3. The van der Waals surface area contributed by atoms with Crippen molar-refractivity contribution < 1.29 is 0 Å². The van der Waals surface area contributed by atoms with Gasteiger partial charge in [-0.1, -0.05) is 6.92 Å². The Morgan fingerprint density at radius 3 is 2.50 bits per heavy atom. The molecule has 5 nitrogen and oxygen atoms in total. The fourth-order valence-electron chi connectivity index (χ4n) is 2.20. The van der Waals surface area contributed by atoms with Crippen LogP contribution in [0.15, 0.2) is 6.07 Å². The van der Waals surface area contributed by atoms with Crippen LogP contribution in [0.25, 0.3) is 5.82 Å². The second-order valence-corrected chi connectivity index (χ2v) is 4.32. The monoisotopic (exact) mass is 245 g/mol. The van der Waals surface area contributed by atoms with Gasteiger partial charge in [0.05, 0.1) is 5.69 Å². The molecule has 0 radical (unpaired) electrons. The molecule has 0 atom stereocenters. The summed E-state index contributed by atoms with van der Waals surface area (Å²) in [6.45, 7) is 8.15. The van der Waals surface area contributed by atoms with Crippen molar-refractivity contribution >= 4 is 5.82 Å². The van der Waals surface area contributed by atoms with E-state index in [4.69, 9.17) is 0 Å². The van der Waals surface area contributed by atoms with Gasteiger partial charge in [0.2, 0.25) is 0 Å². The van der Waals surface area contributed by atoms with E-state index < -0.39 is 0 Å². The van der Waals surface area contributed by atoms with Crippen molar-refractivity contribution in [1.29, 1.82) is 0 Å². The van der Waals surface area contributed by atoms with E-state index in [0.717, 1.165) is 35.3 Å². The van der Waals surface area contributed by atoms with E-state index in [0.29, 0.717) is 0 Å². The molecular weight excluding hydrogens is 226 g/mol. The molecule has 0 fully saturated rings. The van der Waals surface area contributed by atoms with Crippen LogP contribution in [-0.2, 0) is 6.42 Å². The summed E-state index contributed by atoms with van der Waals surface area (Å²) >= 11 is 0. The molecule has 96 valence electrons. The van der Waals surface area contributed by atoms with Crippen molar-refractivity contribution in [2.24, 2.45) is 0 Å². The van der Waals surface area contributed by atoms with E-state index in [2.05, 4.69) is 34.2 Å². The Morgan fingerprint density at radius 1 is 1.22 bits per heavy atom. The third-order valence-electron chi connectivity index (χ3n) is 3.09. The molecular formula is C13H19N5. The minimum Gasteiger partial charge on any atom is -0.373 e. The molecule has 2 heterocycles. The normalized spacial score (nSPS) is 10.7. The van der Waals surface area contributed by atoms with Crippen molar-refractivity contribution in [2.75, 3.05) is 12.4 Å². The standard InChI is InChI=1S/C13H19N5/c1-6-11-8(2)17-18(9(11)3)13-7-12(14-5)15-10(4)16-13/h7H,6H2,1-5H3,(H,14,15,16). The molecule has 2 rings (SSSR count). The summed E-state index contributed by atoms with van der Waals surface area (Å²) in [5.41, 5.74) is 3.50. The summed E-state index contributed by atoms with van der Waals surface area (Å²) in [5.74, 6) is 2.36. The number of hydrogen-bond donors (Lipinski definition) is 1. The van der Waals surface area contributed by atoms with E-state index in [1.54, 1.807) is 0 Å². The van der Waals surface area contributed by atoms with Crippen LogP contribution in [0.2, 0.25) is 0 Å². The summed E-state index contributed by atoms with van der Waals surface area (Å²) in [5, 5.41) is 7.61. The molecule has 18 heavy (non-hydrogen) atoms. The summed E-state index contributed by atoms with van der Waals surface area (Å²) in [4.78, 5) is 8.74. The fraction of sp³-hybridized carbons (Fsp3) is 0.462. The molecule has 0 unspecified atom stereocenters. The van der Waals surface area contributed by atoms with E-state index in [9.17, 15) is 0 Å². The van der Waals surface area contributed by atoms with Gasteiger partial charge in [0.1, 0.15) is 11.6 Å². The van der Waals surface area contributed by atoms with Gasteiger partial charge in [0, 0.05) is 18.8 Å². The number of aryl methyl sites for hydroxylation is 2. The van der Waals surface area contributed by atoms with Crippen LogP contribution in [0.3, 0.4) is 0 Å². The zero-order chi connectivity index (χ0) is 13.3. The Labute approximate surface area is 107 Å². The van der Waals surface area contributed by atoms with Gasteiger partial charge in [-0.05, 0) is 32.8 Å². The second kappa shape index (κ2) is 4.76. The molecule has 0 spiro atoms. The SMILES string of the molecule is CCc1c(C)nn(-c2cc(NC)nc(C)n2)c1C. The van der Waals surface area contributed by atoms with Gasteiger partial charge in [-0.3, -0.25) is 0 Å². The maximum Gasteiger partial charge on any atom is 0.159 e. The van der Waals surface area contributed by atoms with Crippen LogP contribution in [-0.4, -0.2) is 26.8 Å². The van der Waals surface area contributed by atoms with Crippen LogP contribution in [0.1, 0.15) is 29.7 Å². The van der Waals surface area contributed by atoms with E-state index in [1.165, 1.54) is 5.56 Å². The van der Waals surface area contributed by atoms with Crippen molar-refractivity contribution in [2.45, 2.75) is 34.1 Å². The Bertz CT molecular complexity index is 571. The summed E-state index contributed by atoms with van der Waals surface area (Å²) < 4.78 is 1.89. The van der Waals surface area contributed by atoms with Crippen molar-refractivity contribution in [1.82, 2.24) is 19.7 Å². The Balaban J connectivity index is 2.58. The predicted octanol–water partition coefficient (Wildman–Crippen LogP) is 2.19. The van der Waals surface area contributed by atoms with Crippen LogP contribution in [0, 0.1) is 20.8 Å². The Kier molecular flexibility index (Phi) is 3.32. The zero-order valence-electron chi connectivity index (χ0n) is 11.6. The molecule has 0 aliphatic carbocycles. The molecule has 2 aromatic rings. The molecule has 0 bridgehead atoms. The summed E-state index contributed by atoms with van der Waals surface area (Å²) in [6, 6.07) is 1.91. The first-order valence-corrected chi connectivity index (χ1v) is 6.15. The van der Waals surface area contributed by atoms with Gasteiger partial charge in [0.25, 0.3) is 0 Å². The molecule has 5 heteroatoms. The first kappa shape index (κ1) is 12.5. The van der Waals surface area contributed by atoms with Crippen molar-refractivity contribution in [3.63, 3.8) is 0 Å². The first-order chi connectivity index (χ1) is 8.56. The molecule has 0 saturated carbocycles. The second-order valence-electron chi connectivity index (χ2n) is 4.32. The van der Waals surface area contributed by atoms with E-state index in [-0.39, 0.29) is 0 Å². The highest BCUT2D eigenvalue weighted by Crippen LogP contribution is 2.18. The average molecular weight is 245 g/mol. The zero-order valence-corrected chi connectivity index (χ0v) is 11.6. The van der Waals surface area contributed by atoms with Crippen LogP contribution in [0.4, 0.5) is 5.82 Å². The summed E-state index contributed by atoms with van der Waals surface area (Å²) in [7, 11) is 1.85. The van der Waals surface area contributed by atoms with E-state index in [1.807, 2.05) is 31.6 Å². The van der Waals surface area contributed by atoms with Gasteiger partial charge >= 0.3 is 0 Å². The van der Waals surface area contributed by atoms with Gasteiger partial charge in [-0.15, -0.1) is 0 Å². The fourth-order valence-corrected chi connectivity index (χ4v) is 2.20. The number of hydrogen-bond acceptors (Lipinski definition) is 4. The highest BCUT2D eigenvalue weighted by Gasteiger charge is 2.13. The lowest BCUT2D eigenvalue weighted by Gasteiger charge is -2.07. The quantitative estimate of drug-likeness (QED) is 0.900. The molecule has 0 amide bonds. The van der Waals surface area contributed by atoms with Gasteiger partial charge in [-0.2, -0.15) is 5.10 Å². The number of anilines is 1. The number of nitrogens with one attached hydrogen (secondary N) is 1. The average Bonchev–Trinajstić information content (AvgIpc) is 2.63. The highest BCUT2D eigenvalue weighted by atomic mass is 15.3.